The molecule has 5 rings (SSSR count). The fraction of sp³-hybridized carbons (Fsp3) is 0.148. The molecule has 1 atom stereocenters. The number of nitrogens with one attached hydrogen (secondary N) is 1. The zero-order valence-electron chi connectivity index (χ0n) is 18.3. The van der Waals surface area contributed by atoms with Gasteiger partial charge in [0.1, 0.15) is 11.6 Å². The number of aryl methyl sites for hydroxylation is 2. The van der Waals surface area contributed by atoms with Crippen LogP contribution in [0, 0.1) is 25.5 Å². The SMILES string of the molecule is Cc1cc(C)cc(NC(=O)N2Cc3ccccc3-n3cccc3[C@H]2c2cc(F)cc(F)c2)c1. The van der Waals surface area contributed by atoms with Crippen LogP contribution in [-0.2, 0) is 6.54 Å². The molecule has 4 nitrogen and oxygen atoms in total. The molecule has 166 valence electrons. The molecule has 33 heavy (non-hydrogen) atoms. The van der Waals surface area contributed by atoms with Crippen LogP contribution >= 0.6 is 0 Å². The Morgan fingerprint density at radius 3 is 2.33 bits per heavy atom. The summed E-state index contributed by atoms with van der Waals surface area (Å²) in [4.78, 5) is 15.3. The molecule has 0 spiro atoms. The monoisotopic (exact) mass is 443 g/mol. The molecule has 1 aliphatic heterocycles. The van der Waals surface area contributed by atoms with Crippen molar-refractivity contribution in [3.8, 4) is 5.69 Å². The number of anilines is 1. The summed E-state index contributed by atoms with van der Waals surface area (Å²) in [6.45, 7) is 4.21. The van der Waals surface area contributed by atoms with Gasteiger partial charge in [-0.05, 0) is 78.6 Å². The van der Waals surface area contributed by atoms with Gasteiger partial charge in [0.15, 0.2) is 0 Å². The minimum atomic E-state index is -0.691. The molecule has 1 aromatic heterocycles. The molecule has 0 radical (unpaired) electrons. The summed E-state index contributed by atoms with van der Waals surface area (Å²) in [5, 5.41) is 2.99. The predicted octanol–water partition coefficient (Wildman–Crippen LogP) is 6.51. The second-order valence-corrected chi connectivity index (χ2v) is 8.47. The van der Waals surface area contributed by atoms with Crippen molar-refractivity contribution >= 4 is 11.7 Å². The van der Waals surface area contributed by atoms with Gasteiger partial charge in [0.2, 0.25) is 0 Å². The van der Waals surface area contributed by atoms with Crippen molar-refractivity contribution < 1.29 is 13.6 Å². The van der Waals surface area contributed by atoms with Gasteiger partial charge in [0.25, 0.3) is 0 Å². The summed E-state index contributed by atoms with van der Waals surface area (Å²) in [5.74, 6) is -1.36. The Labute approximate surface area is 191 Å². The van der Waals surface area contributed by atoms with E-state index in [1.54, 1.807) is 4.90 Å². The van der Waals surface area contributed by atoms with Crippen molar-refractivity contribution in [2.75, 3.05) is 5.32 Å². The summed E-state index contributed by atoms with van der Waals surface area (Å²) < 4.78 is 30.5. The van der Waals surface area contributed by atoms with Crippen LogP contribution in [0.25, 0.3) is 5.69 Å². The Morgan fingerprint density at radius 1 is 0.909 bits per heavy atom. The Balaban J connectivity index is 1.65. The number of carbonyl (C=O) groups is 1. The van der Waals surface area contributed by atoms with Gasteiger partial charge in [0, 0.05) is 23.6 Å². The quantitative estimate of drug-likeness (QED) is 0.377. The average Bonchev–Trinajstić information content (AvgIpc) is 3.16. The van der Waals surface area contributed by atoms with Crippen LogP contribution in [0.4, 0.5) is 19.3 Å². The molecule has 1 N–H and O–H groups in total. The smallest absolute Gasteiger partial charge is 0.318 e. The number of rotatable bonds is 2. The number of fused-ring (bicyclic) bond motifs is 3. The van der Waals surface area contributed by atoms with E-state index in [4.69, 9.17) is 0 Å². The molecule has 1 aliphatic rings. The third kappa shape index (κ3) is 4.00. The number of nitrogens with zero attached hydrogens (tertiary/aromatic N) is 2. The first-order valence-electron chi connectivity index (χ1n) is 10.8. The zero-order valence-corrected chi connectivity index (χ0v) is 18.3. The van der Waals surface area contributed by atoms with E-state index >= 15 is 0 Å². The molecule has 6 heteroatoms. The van der Waals surface area contributed by atoms with Crippen molar-refractivity contribution in [1.29, 1.82) is 0 Å². The lowest BCUT2D eigenvalue weighted by Crippen LogP contribution is -2.38. The first-order valence-corrected chi connectivity index (χ1v) is 10.8. The molecular weight excluding hydrogens is 420 g/mol. The maximum atomic E-state index is 14.2. The number of amides is 2. The maximum Gasteiger partial charge on any atom is 0.322 e. The third-order valence-corrected chi connectivity index (χ3v) is 5.90. The first-order chi connectivity index (χ1) is 15.9. The van der Waals surface area contributed by atoms with Crippen LogP contribution in [0.3, 0.4) is 0 Å². The molecule has 4 aromatic rings. The van der Waals surface area contributed by atoms with E-state index in [0.29, 0.717) is 11.3 Å². The first kappa shape index (κ1) is 20.9. The van der Waals surface area contributed by atoms with Crippen molar-refractivity contribution in [2.24, 2.45) is 0 Å². The van der Waals surface area contributed by atoms with Crippen molar-refractivity contribution in [3.05, 3.63) is 119 Å². The largest absolute Gasteiger partial charge is 0.322 e. The number of benzene rings is 3. The highest BCUT2D eigenvalue weighted by Gasteiger charge is 2.33. The Morgan fingerprint density at radius 2 is 1.61 bits per heavy atom. The van der Waals surface area contributed by atoms with Gasteiger partial charge in [-0.3, -0.25) is 0 Å². The van der Waals surface area contributed by atoms with Crippen LogP contribution < -0.4 is 5.32 Å². The lowest BCUT2D eigenvalue weighted by atomic mass is 10.0. The van der Waals surface area contributed by atoms with E-state index in [0.717, 1.165) is 34.1 Å². The zero-order chi connectivity index (χ0) is 23.1. The highest BCUT2D eigenvalue weighted by molar-refractivity contribution is 5.90. The summed E-state index contributed by atoms with van der Waals surface area (Å²) in [6.07, 6.45) is 1.90. The van der Waals surface area contributed by atoms with Crippen molar-refractivity contribution in [1.82, 2.24) is 9.47 Å². The number of urea groups is 1. The summed E-state index contributed by atoms with van der Waals surface area (Å²) in [6, 6.07) is 19.8. The minimum absolute atomic E-state index is 0.275. The molecule has 0 bridgehead atoms. The van der Waals surface area contributed by atoms with Crippen LogP contribution in [0.5, 0.6) is 0 Å². The number of carbonyl (C=O) groups excluding carboxylic acids is 1. The van der Waals surface area contributed by atoms with Gasteiger partial charge < -0.3 is 14.8 Å². The van der Waals surface area contributed by atoms with Crippen molar-refractivity contribution in [3.63, 3.8) is 0 Å². The standard InChI is InChI=1S/C27H23F2N3O/c1-17-10-18(2)12-23(11-17)30-27(33)32-16-19-6-3-4-7-24(19)31-9-5-8-25(31)26(32)20-13-21(28)15-22(29)14-20/h3-15,26H,16H2,1-2H3,(H,30,33)/t26-/m1/s1. The second kappa shape index (κ2) is 8.20. The highest BCUT2D eigenvalue weighted by Crippen LogP contribution is 2.37. The van der Waals surface area contributed by atoms with Gasteiger partial charge >= 0.3 is 6.03 Å². The molecular formula is C27H23F2N3O. The molecule has 0 aliphatic carbocycles. The third-order valence-electron chi connectivity index (χ3n) is 5.90. The molecule has 2 amide bonds. The van der Waals surface area contributed by atoms with Gasteiger partial charge in [0.05, 0.1) is 18.3 Å². The number of hydrogen-bond acceptors (Lipinski definition) is 1. The van der Waals surface area contributed by atoms with E-state index < -0.39 is 17.7 Å². The second-order valence-electron chi connectivity index (χ2n) is 8.47. The molecule has 2 heterocycles. The molecule has 0 saturated heterocycles. The minimum Gasteiger partial charge on any atom is -0.318 e. The van der Waals surface area contributed by atoms with Crippen LogP contribution in [0.1, 0.15) is 34.0 Å². The van der Waals surface area contributed by atoms with Crippen LogP contribution in [0.15, 0.2) is 79.0 Å². The molecule has 0 saturated carbocycles. The number of aromatic nitrogens is 1. The summed E-state index contributed by atoms with van der Waals surface area (Å²) >= 11 is 0. The fourth-order valence-electron chi connectivity index (χ4n) is 4.67. The lowest BCUT2D eigenvalue weighted by molar-refractivity contribution is 0.194. The Kier molecular flexibility index (Phi) is 5.21. The molecule has 0 unspecified atom stereocenters. The van der Waals surface area contributed by atoms with Gasteiger partial charge in [-0.2, -0.15) is 0 Å². The highest BCUT2D eigenvalue weighted by atomic mass is 19.1. The molecule has 0 fully saturated rings. The summed E-state index contributed by atoms with van der Waals surface area (Å²) in [5.41, 5.74) is 5.73. The van der Waals surface area contributed by atoms with E-state index in [1.165, 1.54) is 12.1 Å². The normalized spacial score (nSPS) is 14.9. The van der Waals surface area contributed by atoms with E-state index in [-0.39, 0.29) is 12.6 Å². The lowest BCUT2D eigenvalue weighted by Gasteiger charge is -2.31. The topological polar surface area (TPSA) is 37.3 Å². The average molecular weight is 443 g/mol. The number of halogens is 2. The number of hydrogen-bond donors (Lipinski definition) is 1. The van der Waals surface area contributed by atoms with Gasteiger partial charge in [-0.25, -0.2) is 13.6 Å². The predicted molar refractivity (Wildman–Crippen MR) is 124 cm³/mol. The van der Waals surface area contributed by atoms with E-state index in [2.05, 4.69) is 5.32 Å². The van der Waals surface area contributed by atoms with E-state index in [9.17, 15) is 13.6 Å². The van der Waals surface area contributed by atoms with Crippen LogP contribution in [0.2, 0.25) is 0 Å². The summed E-state index contributed by atoms with van der Waals surface area (Å²) in [7, 11) is 0. The fourth-order valence-corrected chi connectivity index (χ4v) is 4.67. The molecule has 3 aromatic carbocycles. The number of para-hydroxylation sites is 1. The Bertz CT molecular complexity index is 1320. The Hall–Kier alpha value is -3.93. The van der Waals surface area contributed by atoms with E-state index in [1.807, 2.05) is 79.2 Å². The van der Waals surface area contributed by atoms with Gasteiger partial charge in [-0.15, -0.1) is 0 Å². The van der Waals surface area contributed by atoms with Crippen molar-refractivity contribution in [2.45, 2.75) is 26.4 Å². The maximum absolute atomic E-state index is 14.2. The van der Waals surface area contributed by atoms with Gasteiger partial charge in [-0.1, -0.05) is 24.3 Å². The van der Waals surface area contributed by atoms with Crippen LogP contribution in [-0.4, -0.2) is 15.5 Å².